The van der Waals surface area contributed by atoms with Crippen LogP contribution in [0.15, 0.2) is 52.2 Å². The van der Waals surface area contributed by atoms with Crippen LogP contribution in [-0.2, 0) is 17.8 Å². The van der Waals surface area contributed by atoms with Gasteiger partial charge in [-0.25, -0.2) is 14.2 Å². The molecule has 0 fully saturated rings. The molecule has 1 aromatic carbocycles. The first-order valence-corrected chi connectivity index (χ1v) is 8.88. The molecule has 0 saturated heterocycles. The molecule has 150 valence electrons. The number of rotatable bonds is 7. The zero-order valence-electron chi connectivity index (χ0n) is 15.6. The van der Waals surface area contributed by atoms with E-state index in [-0.39, 0.29) is 31.2 Å². The molecule has 0 saturated carbocycles. The molecule has 8 nitrogen and oxygen atoms in total. The number of carbonyl (C=O) groups excluding carboxylic acids is 1. The van der Waals surface area contributed by atoms with E-state index in [4.69, 9.17) is 4.74 Å². The predicted molar refractivity (Wildman–Crippen MR) is 103 cm³/mol. The standard InChI is InChI=1S/C20H19FN4O4/c1-12-16(18(27)25-20(28)24-12)7-8-17(26)23-11-13-4-3-9-22-19(13)29-15-6-2-5-14(21)10-15/h2-6,9-10H,7-8,11H2,1H3,(H,23,26)(H2,24,25,27,28). The summed E-state index contributed by atoms with van der Waals surface area (Å²) in [6.45, 7) is 1.76. The van der Waals surface area contributed by atoms with Crippen molar-refractivity contribution in [3.63, 3.8) is 0 Å². The number of benzene rings is 1. The third-order valence-electron chi connectivity index (χ3n) is 4.19. The highest BCUT2D eigenvalue weighted by Gasteiger charge is 2.11. The molecule has 3 aromatic rings. The number of aromatic nitrogens is 3. The molecule has 2 aromatic heterocycles. The number of amides is 1. The van der Waals surface area contributed by atoms with Gasteiger partial charge in [-0.2, -0.15) is 0 Å². The summed E-state index contributed by atoms with van der Waals surface area (Å²) in [4.78, 5) is 44.0. The summed E-state index contributed by atoms with van der Waals surface area (Å²) >= 11 is 0. The lowest BCUT2D eigenvalue weighted by atomic mass is 10.1. The van der Waals surface area contributed by atoms with Crippen LogP contribution in [0.1, 0.15) is 23.2 Å². The number of pyridine rings is 1. The molecule has 0 aliphatic carbocycles. The Morgan fingerprint density at radius 2 is 2.03 bits per heavy atom. The van der Waals surface area contributed by atoms with E-state index in [1.165, 1.54) is 24.4 Å². The largest absolute Gasteiger partial charge is 0.439 e. The van der Waals surface area contributed by atoms with Crippen LogP contribution in [0.3, 0.4) is 0 Å². The second-order valence-electron chi connectivity index (χ2n) is 6.32. The van der Waals surface area contributed by atoms with Gasteiger partial charge >= 0.3 is 5.69 Å². The van der Waals surface area contributed by atoms with Gasteiger partial charge in [0.25, 0.3) is 5.56 Å². The number of carbonyl (C=O) groups is 1. The average molecular weight is 398 g/mol. The highest BCUT2D eigenvalue weighted by Crippen LogP contribution is 2.23. The molecule has 0 atom stereocenters. The normalized spacial score (nSPS) is 10.6. The Bertz CT molecular complexity index is 1140. The molecule has 0 spiro atoms. The highest BCUT2D eigenvalue weighted by molar-refractivity contribution is 5.76. The van der Waals surface area contributed by atoms with Gasteiger partial charge in [0.1, 0.15) is 11.6 Å². The lowest BCUT2D eigenvalue weighted by Gasteiger charge is -2.11. The van der Waals surface area contributed by atoms with Crippen LogP contribution in [0.2, 0.25) is 0 Å². The minimum atomic E-state index is -0.580. The monoisotopic (exact) mass is 398 g/mol. The van der Waals surface area contributed by atoms with Crippen LogP contribution in [0.25, 0.3) is 0 Å². The fourth-order valence-electron chi connectivity index (χ4n) is 2.74. The minimum absolute atomic E-state index is 0.0658. The van der Waals surface area contributed by atoms with Crippen LogP contribution >= 0.6 is 0 Å². The summed E-state index contributed by atoms with van der Waals surface area (Å²) in [5.74, 6) is -0.160. The maximum Gasteiger partial charge on any atom is 0.325 e. The lowest BCUT2D eigenvalue weighted by molar-refractivity contribution is -0.121. The molecule has 0 unspecified atom stereocenters. The van der Waals surface area contributed by atoms with Crippen LogP contribution in [0.4, 0.5) is 4.39 Å². The topological polar surface area (TPSA) is 117 Å². The van der Waals surface area contributed by atoms with Crippen molar-refractivity contribution in [1.82, 2.24) is 20.3 Å². The summed E-state index contributed by atoms with van der Waals surface area (Å²) in [5.41, 5.74) is 0.323. The second kappa shape index (κ2) is 8.96. The molecular weight excluding hydrogens is 379 g/mol. The van der Waals surface area contributed by atoms with E-state index in [0.29, 0.717) is 22.6 Å². The zero-order valence-corrected chi connectivity index (χ0v) is 15.6. The Balaban J connectivity index is 1.61. The van der Waals surface area contributed by atoms with E-state index >= 15 is 0 Å². The summed E-state index contributed by atoms with van der Waals surface area (Å²) in [5, 5.41) is 2.74. The lowest BCUT2D eigenvalue weighted by Crippen LogP contribution is -2.29. The average Bonchev–Trinajstić information content (AvgIpc) is 2.66. The maximum atomic E-state index is 13.3. The molecule has 9 heteroatoms. The first kappa shape index (κ1) is 20.0. The third-order valence-corrected chi connectivity index (χ3v) is 4.19. The van der Waals surface area contributed by atoms with Crippen LogP contribution < -0.4 is 21.3 Å². The molecule has 0 aliphatic heterocycles. The Labute approximate surface area is 164 Å². The first-order valence-electron chi connectivity index (χ1n) is 8.88. The zero-order chi connectivity index (χ0) is 20.8. The van der Waals surface area contributed by atoms with Crippen molar-refractivity contribution in [2.75, 3.05) is 0 Å². The van der Waals surface area contributed by atoms with Crippen molar-refractivity contribution in [2.45, 2.75) is 26.3 Å². The molecule has 2 heterocycles. The van der Waals surface area contributed by atoms with E-state index in [1.54, 1.807) is 25.1 Å². The van der Waals surface area contributed by atoms with Gasteiger partial charge < -0.3 is 15.0 Å². The third kappa shape index (κ3) is 5.38. The minimum Gasteiger partial charge on any atom is -0.439 e. The van der Waals surface area contributed by atoms with Gasteiger partial charge in [0.05, 0.1) is 0 Å². The van der Waals surface area contributed by atoms with Crippen LogP contribution in [-0.4, -0.2) is 20.9 Å². The van der Waals surface area contributed by atoms with Gasteiger partial charge in [0.2, 0.25) is 11.8 Å². The fraction of sp³-hybridized carbons (Fsp3) is 0.200. The molecule has 3 rings (SSSR count). The molecule has 0 radical (unpaired) electrons. The van der Waals surface area contributed by atoms with Gasteiger partial charge in [0.15, 0.2) is 0 Å². The van der Waals surface area contributed by atoms with Gasteiger partial charge in [-0.3, -0.25) is 14.6 Å². The fourth-order valence-corrected chi connectivity index (χ4v) is 2.74. The Kier molecular flexibility index (Phi) is 6.18. The van der Waals surface area contributed by atoms with E-state index in [0.717, 1.165) is 0 Å². The summed E-state index contributed by atoms with van der Waals surface area (Å²) in [6.07, 6.45) is 1.78. The number of halogens is 1. The Morgan fingerprint density at radius 1 is 1.21 bits per heavy atom. The number of aromatic amines is 2. The Hall–Kier alpha value is -3.75. The van der Waals surface area contributed by atoms with E-state index in [9.17, 15) is 18.8 Å². The van der Waals surface area contributed by atoms with Gasteiger partial charge in [-0.15, -0.1) is 0 Å². The first-order chi connectivity index (χ1) is 13.9. The summed E-state index contributed by atoms with van der Waals surface area (Å²) < 4.78 is 18.9. The number of ether oxygens (including phenoxy) is 1. The molecular formula is C20H19FN4O4. The predicted octanol–water partition coefficient (Wildman–Crippen LogP) is 1.95. The number of H-pyrrole nitrogens is 2. The number of aryl methyl sites for hydroxylation is 1. The van der Waals surface area contributed by atoms with Crippen LogP contribution in [0, 0.1) is 12.7 Å². The van der Waals surface area contributed by atoms with Crippen molar-refractivity contribution in [2.24, 2.45) is 0 Å². The van der Waals surface area contributed by atoms with Crippen molar-refractivity contribution < 1.29 is 13.9 Å². The summed E-state index contributed by atoms with van der Waals surface area (Å²) in [6, 6.07) is 9.10. The van der Waals surface area contributed by atoms with E-state index in [2.05, 4.69) is 20.3 Å². The molecule has 1 amide bonds. The quantitative estimate of drug-likeness (QED) is 0.562. The smallest absolute Gasteiger partial charge is 0.325 e. The Morgan fingerprint density at radius 3 is 2.79 bits per heavy atom. The highest BCUT2D eigenvalue weighted by atomic mass is 19.1. The van der Waals surface area contributed by atoms with Crippen molar-refractivity contribution in [1.29, 1.82) is 0 Å². The number of nitrogens with one attached hydrogen (secondary N) is 3. The number of nitrogens with zero attached hydrogens (tertiary/aromatic N) is 1. The van der Waals surface area contributed by atoms with E-state index in [1.807, 2.05) is 0 Å². The van der Waals surface area contributed by atoms with Gasteiger partial charge in [-0.05, 0) is 31.5 Å². The molecule has 0 bridgehead atoms. The van der Waals surface area contributed by atoms with Crippen molar-refractivity contribution >= 4 is 5.91 Å². The van der Waals surface area contributed by atoms with Gasteiger partial charge in [-0.1, -0.05) is 12.1 Å². The van der Waals surface area contributed by atoms with Crippen molar-refractivity contribution in [3.05, 3.63) is 86.1 Å². The molecule has 29 heavy (non-hydrogen) atoms. The molecule has 0 aliphatic rings. The van der Waals surface area contributed by atoms with E-state index < -0.39 is 17.1 Å². The van der Waals surface area contributed by atoms with Gasteiger partial charge in [0, 0.05) is 42.0 Å². The summed E-state index contributed by atoms with van der Waals surface area (Å²) in [7, 11) is 0. The molecule has 3 N–H and O–H groups in total. The van der Waals surface area contributed by atoms with Crippen LogP contribution in [0.5, 0.6) is 11.6 Å². The number of hydrogen-bond donors (Lipinski definition) is 3. The van der Waals surface area contributed by atoms with Crippen molar-refractivity contribution in [3.8, 4) is 11.6 Å². The SMILES string of the molecule is Cc1[nH]c(=O)[nH]c(=O)c1CCC(=O)NCc1cccnc1Oc1cccc(F)c1. The second-order valence-corrected chi connectivity index (χ2v) is 6.32. The number of hydrogen-bond acceptors (Lipinski definition) is 5. The maximum absolute atomic E-state index is 13.3.